The monoisotopic (exact) mass is 560 g/mol. The van der Waals surface area contributed by atoms with Crippen LogP contribution in [0.1, 0.15) is 78.1 Å². The van der Waals surface area contributed by atoms with Crippen LogP contribution in [0.2, 0.25) is 0 Å². The number of alkyl halides is 1. The topological polar surface area (TPSA) is 116 Å². The maximum atomic E-state index is 15.7. The number of aliphatic hydroxyl groups excluding tert-OH is 1. The SMILES string of the molecule is COC(=O)O[C@]1(C(=O)COC(=O)CCC2CCCC2)CC[C@H]2[C@@H]3C[C@H](F)C4=CC(=O)C=C[C@]4(C)[C@H]3C(O)C[C@@]21C. The number of carbonyl (C=O) groups excluding carboxylic acids is 4. The minimum Gasteiger partial charge on any atom is -0.457 e. The van der Waals surface area contributed by atoms with Gasteiger partial charge in [0.05, 0.1) is 13.2 Å². The summed E-state index contributed by atoms with van der Waals surface area (Å²) in [5.74, 6) is -1.72. The summed E-state index contributed by atoms with van der Waals surface area (Å²) in [7, 11) is 1.16. The summed E-state index contributed by atoms with van der Waals surface area (Å²) in [5, 5.41) is 11.6. The standard InChI is InChI=1S/C31H41FO8/c1-29-12-10-19(33)14-22(29)23(32)15-20-21-11-13-31(40-28(37)38-3,30(21,2)16-24(34)27(20)29)25(35)17-39-26(36)9-8-18-6-4-5-7-18/h10,12,14,18,20-21,23-24,27,34H,4-9,11,13,15-17H2,1-3H3/t20-,21-,23-,24?,27+,29-,30-,31-/m0/s1. The molecule has 0 aromatic carbocycles. The van der Waals surface area contributed by atoms with Crippen molar-refractivity contribution < 1.29 is 42.9 Å². The molecule has 8 atom stereocenters. The number of carbonyl (C=O) groups is 4. The van der Waals surface area contributed by atoms with E-state index in [1.807, 2.05) is 13.8 Å². The number of rotatable bonds is 7. The molecule has 4 fully saturated rings. The number of ether oxygens (including phenoxy) is 3. The van der Waals surface area contributed by atoms with E-state index in [0.717, 1.165) is 26.4 Å². The molecule has 0 bridgehead atoms. The fourth-order valence-corrected chi connectivity index (χ4v) is 9.15. The van der Waals surface area contributed by atoms with Gasteiger partial charge in [-0.05, 0) is 67.6 Å². The number of ketones is 2. The molecule has 9 heteroatoms. The van der Waals surface area contributed by atoms with E-state index >= 15 is 4.39 Å². The Morgan fingerprint density at radius 2 is 1.88 bits per heavy atom. The van der Waals surface area contributed by atoms with Crippen molar-refractivity contribution in [2.45, 2.75) is 95.9 Å². The summed E-state index contributed by atoms with van der Waals surface area (Å²) >= 11 is 0. The molecule has 0 spiro atoms. The van der Waals surface area contributed by atoms with E-state index < -0.39 is 53.2 Å². The molecule has 8 nitrogen and oxygen atoms in total. The van der Waals surface area contributed by atoms with Gasteiger partial charge in [-0.1, -0.05) is 45.6 Å². The lowest BCUT2D eigenvalue weighted by atomic mass is 9.46. The van der Waals surface area contributed by atoms with Crippen LogP contribution in [0.3, 0.4) is 0 Å². The Labute approximate surface area is 234 Å². The Morgan fingerprint density at radius 3 is 2.58 bits per heavy atom. The summed E-state index contributed by atoms with van der Waals surface area (Å²) in [4.78, 5) is 50.9. The lowest BCUT2D eigenvalue weighted by molar-refractivity contribution is -0.187. The van der Waals surface area contributed by atoms with Gasteiger partial charge < -0.3 is 19.3 Å². The fourth-order valence-electron chi connectivity index (χ4n) is 9.15. The Balaban J connectivity index is 1.39. The van der Waals surface area contributed by atoms with Gasteiger partial charge in [0, 0.05) is 23.2 Å². The third kappa shape index (κ3) is 4.62. The summed E-state index contributed by atoms with van der Waals surface area (Å²) in [6, 6.07) is 0. The molecule has 0 aromatic rings. The first-order chi connectivity index (χ1) is 18.9. The molecule has 1 N–H and O–H groups in total. The minimum absolute atomic E-state index is 0.100. The van der Waals surface area contributed by atoms with Gasteiger partial charge in [-0.15, -0.1) is 0 Å². The first-order valence-corrected chi connectivity index (χ1v) is 14.7. The van der Waals surface area contributed by atoms with Crippen LogP contribution in [0, 0.1) is 34.5 Å². The second kappa shape index (κ2) is 10.7. The normalized spacial score (nSPS) is 40.5. The Bertz CT molecular complexity index is 1120. The van der Waals surface area contributed by atoms with Crippen LogP contribution in [0.25, 0.3) is 0 Å². The number of fused-ring (bicyclic) bond motifs is 5. The second-order valence-corrected chi connectivity index (χ2v) is 13.0. The maximum Gasteiger partial charge on any atom is 0.509 e. The molecule has 0 heterocycles. The Morgan fingerprint density at radius 1 is 1.15 bits per heavy atom. The Hall–Kier alpha value is -2.55. The zero-order valence-corrected chi connectivity index (χ0v) is 23.7. The predicted octanol–water partition coefficient (Wildman–Crippen LogP) is 4.82. The van der Waals surface area contributed by atoms with E-state index in [4.69, 9.17) is 14.2 Å². The van der Waals surface area contributed by atoms with Crippen molar-refractivity contribution in [2.24, 2.45) is 34.5 Å². The number of Topliss-reactive ketones (excluding diaryl/α,β-unsaturated/α-hetero) is 1. The number of aliphatic hydroxyl groups is 1. The van der Waals surface area contributed by atoms with Gasteiger partial charge in [-0.3, -0.25) is 14.4 Å². The summed E-state index contributed by atoms with van der Waals surface area (Å²) in [5.41, 5.74) is -3.19. The zero-order chi connectivity index (χ0) is 28.9. The number of halogens is 1. The fraction of sp³-hybridized carbons (Fsp3) is 0.742. The van der Waals surface area contributed by atoms with Crippen LogP contribution < -0.4 is 0 Å². The van der Waals surface area contributed by atoms with Gasteiger partial charge in [0.25, 0.3) is 0 Å². The summed E-state index contributed by atoms with van der Waals surface area (Å²) < 4.78 is 31.6. The number of esters is 1. The summed E-state index contributed by atoms with van der Waals surface area (Å²) in [6.45, 7) is 3.13. The van der Waals surface area contributed by atoms with Crippen molar-refractivity contribution in [1.82, 2.24) is 0 Å². The van der Waals surface area contributed by atoms with Gasteiger partial charge in [0.15, 0.2) is 18.0 Å². The molecule has 5 aliphatic rings. The van der Waals surface area contributed by atoms with E-state index in [0.29, 0.717) is 17.9 Å². The predicted molar refractivity (Wildman–Crippen MR) is 142 cm³/mol. The number of methoxy groups -OCH3 is 1. The van der Waals surface area contributed by atoms with E-state index in [-0.39, 0.29) is 49.2 Å². The van der Waals surface area contributed by atoms with Crippen LogP contribution in [0.5, 0.6) is 0 Å². The quantitative estimate of drug-likeness (QED) is 0.441. The molecule has 0 aliphatic heterocycles. The highest BCUT2D eigenvalue weighted by atomic mass is 19.1. The lowest BCUT2D eigenvalue weighted by Crippen LogP contribution is -2.64. The van der Waals surface area contributed by atoms with Gasteiger partial charge in [0.1, 0.15) is 6.17 Å². The van der Waals surface area contributed by atoms with Gasteiger partial charge >= 0.3 is 12.1 Å². The van der Waals surface area contributed by atoms with Crippen LogP contribution in [0.4, 0.5) is 9.18 Å². The lowest BCUT2D eigenvalue weighted by Gasteiger charge is -2.60. The average Bonchev–Trinajstić information content (AvgIpc) is 3.53. The van der Waals surface area contributed by atoms with Crippen molar-refractivity contribution in [3.63, 3.8) is 0 Å². The molecule has 5 aliphatic carbocycles. The molecule has 0 radical (unpaired) electrons. The van der Waals surface area contributed by atoms with E-state index in [9.17, 15) is 24.3 Å². The van der Waals surface area contributed by atoms with Crippen molar-refractivity contribution in [3.8, 4) is 0 Å². The molecule has 5 rings (SSSR count). The number of hydrogen-bond donors (Lipinski definition) is 1. The van der Waals surface area contributed by atoms with Crippen LogP contribution in [-0.4, -0.2) is 60.4 Å². The molecule has 0 aromatic heterocycles. The third-order valence-electron chi connectivity index (χ3n) is 11.1. The molecule has 220 valence electrons. The van der Waals surface area contributed by atoms with Gasteiger partial charge in [-0.2, -0.15) is 0 Å². The highest BCUT2D eigenvalue weighted by molar-refractivity contribution is 6.01. The van der Waals surface area contributed by atoms with E-state index in [1.165, 1.54) is 25.0 Å². The molecule has 1 unspecified atom stereocenters. The first kappa shape index (κ1) is 29.0. The average molecular weight is 561 g/mol. The zero-order valence-electron chi connectivity index (χ0n) is 23.7. The van der Waals surface area contributed by atoms with Gasteiger partial charge in [-0.25, -0.2) is 9.18 Å². The van der Waals surface area contributed by atoms with E-state index in [2.05, 4.69) is 0 Å². The van der Waals surface area contributed by atoms with Crippen LogP contribution in [0.15, 0.2) is 23.8 Å². The summed E-state index contributed by atoms with van der Waals surface area (Å²) in [6.07, 6.45) is 7.50. The number of allylic oxidation sites excluding steroid dienone is 4. The minimum atomic E-state index is -1.69. The Kier molecular flexibility index (Phi) is 7.74. The smallest absolute Gasteiger partial charge is 0.457 e. The molecule has 0 saturated heterocycles. The van der Waals surface area contributed by atoms with Crippen molar-refractivity contribution in [3.05, 3.63) is 23.8 Å². The van der Waals surface area contributed by atoms with Crippen LogP contribution in [-0.2, 0) is 28.6 Å². The maximum absolute atomic E-state index is 15.7. The second-order valence-electron chi connectivity index (χ2n) is 13.0. The highest BCUT2D eigenvalue weighted by Crippen LogP contribution is 2.68. The molecule has 4 saturated carbocycles. The molecule has 40 heavy (non-hydrogen) atoms. The molecule has 0 amide bonds. The highest BCUT2D eigenvalue weighted by Gasteiger charge is 2.71. The van der Waals surface area contributed by atoms with Crippen molar-refractivity contribution >= 4 is 23.7 Å². The van der Waals surface area contributed by atoms with E-state index in [1.54, 1.807) is 6.08 Å². The van der Waals surface area contributed by atoms with Crippen LogP contribution >= 0.6 is 0 Å². The number of hydrogen-bond acceptors (Lipinski definition) is 8. The third-order valence-corrected chi connectivity index (χ3v) is 11.1. The molecular formula is C31H41FO8. The molecular weight excluding hydrogens is 519 g/mol. The van der Waals surface area contributed by atoms with Crippen molar-refractivity contribution in [1.29, 1.82) is 0 Å². The first-order valence-electron chi connectivity index (χ1n) is 14.7. The van der Waals surface area contributed by atoms with Gasteiger partial charge in [0.2, 0.25) is 5.78 Å². The van der Waals surface area contributed by atoms with Crippen molar-refractivity contribution in [2.75, 3.05) is 13.7 Å². The largest absolute Gasteiger partial charge is 0.509 e.